The molecule has 1 aromatic heterocycles. The first-order valence-electron chi connectivity index (χ1n) is 12.9. The van der Waals surface area contributed by atoms with Crippen molar-refractivity contribution in [3.8, 4) is 16.9 Å². The van der Waals surface area contributed by atoms with E-state index in [4.69, 9.17) is 4.74 Å². The monoisotopic (exact) mass is 556 g/mol. The molecule has 0 fully saturated rings. The maximum atomic E-state index is 13.1. The van der Waals surface area contributed by atoms with Gasteiger partial charge in [-0.15, -0.1) is 0 Å². The molecule has 0 radical (unpaired) electrons. The average molecular weight is 557 g/mol. The zero-order valence-electron chi connectivity index (χ0n) is 22.6. The summed E-state index contributed by atoms with van der Waals surface area (Å²) in [5.74, 6) is 0.654. The van der Waals surface area contributed by atoms with Gasteiger partial charge in [-0.3, -0.25) is 4.79 Å². The number of aryl methyl sites for hydroxylation is 1. The number of alkyl halides is 3. The van der Waals surface area contributed by atoms with Crippen molar-refractivity contribution in [2.45, 2.75) is 26.1 Å². The van der Waals surface area contributed by atoms with E-state index in [0.29, 0.717) is 5.95 Å². The number of methoxy groups -OCH3 is 1. The molecule has 9 heteroatoms. The van der Waals surface area contributed by atoms with Crippen molar-refractivity contribution in [1.29, 1.82) is 0 Å². The molecule has 0 saturated heterocycles. The van der Waals surface area contributed by atoms with Gasteiger partial charge >= 0.3 is 6.18 Å². The number of benzene rings is 4. The highest BCUT2D eigenvalue weighted by molar-refractivity contribution is 5.94. The van der Waals surface area contributed by atoms with E-state index < -0.39 is 23.7 Å². The van der Waals surface area contributed by atoms with Gasteiger partial charge in [0.25, 0.3) is 5.91 Å². The molecule has 0 spiro atoms. The van der Waals surface area contributed by atoms with Gasteiger partial charge in [0.05, 0.1) is 24.2 Å². The van der Waals surface area contributed by atoms with E-state index in [0.717, 1.165) is 56.7 Å². The molecule has 2 N–H and O–H groups in total. The Balaban J connectivity index is 1.35. The smallest absolute Gasteiger partial charge is 0.416 e. The molecule has 0 bridgehead atoms. The number of ether oxygens (including phenoxy) is 1. The Bertz CT molecular complexity index is 1720. The second kappa shape index (κ2) is 11.3. The van der Waals surface area contributed by atoms with E-state index in [9.17, 15) is 18.0 Å². The highest BCUT2D eigenvalue weighted by Crippen LogP contribution is 2.31. The minimum Gasteiger partial charge on any atom is -0.497 e. The summed E-state index contributed by atoms with van der Waals surface area (Å²) in [7, 11) is 1.62. The van der Waals surface area contributed by atoms with Crippen LogP contribution in [-0.4, -0.2) is 23.0 Å². The summed E-state index contributed by atoms with van der Waals surface area (Å²) in [5.41, 5.74) is 4.47. The minimum atomic E-state index is -4.52. The Morgan fingerprint density at radius 2 is 1.73 bits per heavy atom. The van der Waals surface area contributed by atoms with Crippen LogP contribution in [0.3, 0.4) is 0 Å². The molecule has 0 saturated carbocycles. The van der Waals surface area contributed by atoms with Crippen molar-refractivity contribution >= 4 is 28.4 Å². The number of rotatable bonds is 7. The maximum absolute atomic E-state index is 13.1. The quantitative estimate of drug-likeness (QED) is 0.213. The number of hydrogen-bond donors (Lipinski definition) is 2. The summed E-state index contributed by atoms with van der Waals surface area (Å²) in [6, 6.07) is 23.2. The maximum Gasteiger partial charge on any atom is 0.416 e. The van der Waals surface area contributed by atoms with E-state index >= 15 is 0 Å². The Labute approximate surface area is 235 Å². The van der Waals surface area contributed by atoms with Gasteiger partial charge in [-0.2, -0.15) is 13.2 Å². The first-order valence-corrected chi connectivity index (χ1v) is 12.9. The molecule has 5 rings (SSSR count). The molecule has 1 atom stereocenters. The topological polar surface area (TPSA) is 76.1 Å². The average Bonchev–Trinajstić information content (AvgIpc) is 2.97. The van der Waals surface area contributed by atoms with Crippen LogP contribution < -0.4 is 15.4 Å². The van der Waals surface area contributed by atoms with Gasteiger partial charge in [0.1, 0.15) is 5.75 Å². The lowest BCUT2D eigenvalue weighted by Crippen LogP contribution is -2.27. The lowest BCUT2D eigenvalue weighted by atomic mass is 9.95. The number of carbonyl (C=O) groups is 1. The zero-order valence-corrected chi connectivity index (χ0v) is 22.6. The molecule has 0 aliphatic heterocycles. The molecule has 1 unspecified atom stereocenters. The number of fused-ring (bicyclic) bond motifs is 1. The molecule has 6 nitrogen and oxygen atoms in total. The first kappa shape index (κ1) is 27.6. The number of nitrogens with one attached hydrogen (secondary N) is 2. The van der Waals surface area contributed by atoms with Crippen LogP contribution in [0.15, 0.2) is 91.1 Å². The third-order valence-corrected chi connectivity index (χ3v) is 6.80. The number of anilines is 2. The summed E-state index contributed by atoms with van der Waals surface area (Å²) >= 11 is 0. The molecular weight excluding hydrogens is 529 g/mol. The molecule has 1 heterocycles. The van der Waals surface area contributed by atoms with Gasteiger partial charge in [-0.1, -0.05) is 24.3 Å². The van der Waals surface area contributed by atoms with E-state index in [1.807, 2.05) is 67.6 Å². The van der Waals surface area contributed by atoms with Crippen molar-refractivity contribution in [2.24, 2.45) is 0 Å². The number of carbonyl (C=O) groups excluding carboxylic acids is 1. The van der Waals surface area contributed by atoms with Gasteiger partial charge in [-0.05, 0) is 96.8 Å². The summed E-state index contributed by atoms with van der Waals surface area (Å²) in [6.45, 7) is 3.79. The number of nitrogens with zero attached hydrogens (tertiary/aromatic N) is 2. The highest BCUT2D eigenvalue weighted by Gasteiger charge is 2.31. The van der Waals surface area contributed by atoms with Crippen LogP contribution in [0.1, 0.15) is 40.0 Å². The Morgan fingerprint density at radius 3 is 2.46 bits per heavy atom. The predicted octanol–water partition coefficient (Wildman–Crippen LogP) is 7.87. The Kier molecular flexibility index (Phi) is 7.61. The lowest BCUT2D eigenvalue weighted by molar-refractivity contribution is -0.137. The fourth-order valence-corrected chi connectivity index (χ4v) is 4.48. The number of amides is 1. The molecule has 0 aliphatic rings. The number of aromatic nitrogens is 2. The minimum absolute atomic E-state index is 0.0469. The Morgan fingerprint density at radius 1 is 0.951 bits per heavy atom. The molecular formula is C32H27F3N4O2. The fourth-order valence-electron chi connectivity index (χ4n) is 4.48. The highest BCUT2D eigenvalue weighted by atomic mass is 19.4. The van der Waals surface area contributed by atoms with Crippen molar-refractivity contribution in [3.63, 3.8) is 0 Å². The zero-order chi connectivity index (χ0) is 29.1. The predicted molar refractivity (Wildman–Crippen MR) is 153 cm³/mol. The van der Waals surface area contributed by atoms with Gasteiger partial charge in [0.2, 0.25) is 5.95 Å². The largest absolute Gasteiger partial charge is 0.497 e. The van der Waals surface area contributed by atoms with Gasteiger partial charge in [0, 0.05) is 22.8 Å². The number of halogens is 3. The lowest BCUT2D eigenvalue weighted by Gasteiger charge is -2.17. The van der Waals surface area contributed by atoms with Crippen LogP contribution in [0, 0.1) is 6.92 Å². The van der Waals surface area contributed by atoms with Crippen LogP contribution in [0.25, 0.3) is 22.0 Å². The Hall–Kier alpha value is -4.92. The molecule has 208 valence electrons. The van der Waals surface area contributed by atoms with Crippen LogP contribution in [0.4, 0.5) is 24.8 Å². The summed E-state index contributed by atoms with van der Waals surface area (Å²) in [4.78, 5) is 21.8. The van der Waals surface area contributed by atoms with E-state index in [2.05, 4.69) is 20.6 Å². The van der Waals surface area contributed by atoms with Gasteiger partial charge in [0.15, 0.2) is 0 Å². The molecule has 5 aromatic rings. The third kappa shape index (κ3) is 6.30. The normalized spacial score (nSPS) is 12.1. The third-order valence-electron chi connectivity index (χ3n) is 6.80. The second-order valence-corrected chi connectivity index (χ2v) is 9.67. The van der Waals surface area contributed by atoms with Crippen LogP contribution in [-0.2, 0) is 6.18 Å². The van der Waals surface area contributed by atoms with Gasteiger partial charge < -0.3 is 15.4 Å². The van der Waals surface area contributed by atoms with Crippen molar-refractivity contribution in [1.82, 2.24) is 15.3 Å². The van der Waals surface area contributed by atoms with Crippen LogP contribution in [0.2, 0.25) is 0 Å². The molecule has 1 amide bonds. The SMILES string of the molecule is COc1ccc(Nc2ncc3cc(-c4cc(C(C)NC(=O)c5cccc(C(F)(F)F)c5)ccc4C)ccc3n2)cc1. The van der Waals surface area contributed by atoms with Crippen molar-refractivity contribution in [2.75, 3.05) is 12.4 Å². The summed E-state index contributed by atoms with van der Waals surface area (Å²) in [5, 5.41) is 6.86. The molecule has 41 heavy (non-hydrogen) atoms. The van der Waals surface area contributed by atoms with E-state index in [-0.39, 0.29) is 5.56 Å². The molecule has 4 aromatic carbocycles. The van der Waals surface area contributed by atoms with Crippen LogP contribution in [0.5, 0.6) is 5.75 Å². The van der Waals surface area contributed by atoms with E-state index in [1.54, 1.807) is 20.2 Å². The summed E-state index contributed by atoms with van der Waals surface area (Å²) < 4.78 is 44.4. The van der Waals surface area contributed by atoms with Gasteiger partial charge in [-0.25, -0.2) is 9.97 Å². The first-order chi connectivity index (χ1) is 19.6. The molecule has 0 aliphatic carbocycles. The van der Waals surface area contributed by atoms with Crippen molar-refractivity contribution in [3.05, 3.63) is 113 Å². The van der Waals surface area contributed by atoms with Crippen molar-refractivity contribution < 1.29 is 22.7 Å². The number of hydrogen-bond acceptors (Lipinski definition) is 5. The fraction of sp³-hybridized carbons (Fsp3) is 0.156. The standard InChI is InChI=1S/C32H27F3N4O2/c1-19-7-8-21(20(2)37-30(40)23-5-4-6-25(16-23)32(33,34)35)17-28(19)22-9-14-29-24(15-22)18-36-31(39-29)38-26-10-12-27(41-3)13-11-26/h4-18,20H,1-3H3,(H,37,40)(H,36,38,39). The van der Waals surface area contributed by atoms with Crippen LogP contribution >= 0.6 is 0 Å². The summed E-state index contributed by atoms with van der Waals surface area (Å²) in [6.07, 6.45) is -2.76. The van der Waals surface area contributed by atoms with E-state index in [1.165, 1.54) is 12.1 Å². The second-order valence-electron chi connectivity index (χ2n) is 9.67.